The molecule has 2 bridgehead atoms. The van der Waals surface area contributed by atoms with Crippen molar-refractivity contribution in [3.63, 3.8) is 0 Å². The van der Waals surface area contributed by atoms with Crippen LogP contribution in [-0.2, 0) is 23.9 Å². The highest BCUT2D eigenvalue weighted by molar-refractivity contribution is 5.90. The third-order valence-electron chi connectivity index (χ3n) is 6.55. The number of nitrogens with one attached hydrogen (secondary N) is 3. The standard InChI is InChI=1S/C27H42N4O5/c1-6-8-13-29-26(33)23(19-11-9-18(5)10-12-19)31-15-21-24(36-22(16-31)35-21)27(34)30-20(14-17(3)4)25(32)28-7-2/h9-12,17,20-24H,6-8,13-16H2,1-5H3,(H,28,32)(H,29,33)(H,30,34). The molecular formula is C27H42N4O5. The summed E-state index contributed by atoms with van der Waals surface area (Å²) in [5.41, 5.74) is 2.01. The summed E-state index contributed by atoms with van der Waals surface area (Å²) in [5, 5.41) is 8.73. The van der Waals surface area contributed by atoms with E-state index in [-0.39, 0.29) is 23.6 Å². The van der Waals surface area contributed by atoms with Crippen LogP contribution in [0.5, 0.6) is 0 Å². The van der Waals surface area contributed by atoms with Gasteiger partial charge in [-0.25, -0.2) is 0 Å². The number of aryl methyl sites for hydroxylation is 1. The maximum atomic E-state index is 13.3. The van der Waals surface area contributed by atoms with Crippen molar-refractivity contribution in [1.29, 1.82) is 0 Å². The van der Waals surface area contributed by atoms with Crippen LogP contribution >= 0.6 is 0 Å². The van der Waals surface area contributed by atoms with E-state index in [9.17, 15) is 14.4 Å². The molecule has 5 atom stereocenters. The molecule has 9 heteroatoms. The van der Waals surface area contributed by atoms with Gasteiger partial charge in [-0.3, -0.25) is 19.3 Å². The summed E-state index contributed by atoms with van der Waals surface area (Å²) in [6.07, 6.45) is 0.438. The summed E-state index contributed by atoms with van der Waals surface area (Å²) in [4.78, 5) is 41.0. The van der Waals surface area contributed by atoms with Crippen molar-refractivity contribution in [2.24, 2.45) is 5.92 Å². The second-order valence-corrected chi connectivity index (χ2v) is 10.2. The Morgan fingerprint density at radius 3 is 2.39 bits per heavy atom. The number of carbonyl (C=O) groups is 3. The lowest BCUT2D eigenvalue weighted by atomic mass is 10.0. The van der Waals surface area contributed by atoms with Crippen molar-refractivity contribution < 1.29 is 23.9 Å². The Labute approximate surface area is 214 Å². The van der Waals surface area contributed by atoms with Crippen LogP contribution in [0.4, 0.5) is 0 Å². The first kappa shape index (κ1) is 28.1. The van der Waals surface area contributed by atoms with Crippen LogP contribution in [0.15, 0.2) is 24.3 Å². The molecule has 2 saturated heterocycles. The van der Waals surface area contributed by atoms with Crippen LogP contribution in [-0.4, -0.2) is 73.3 Å². The second-order valence-electron chi connectivity index (χ2n) is 10.2. The van der Waals surface area contributed by atoms with Gasteiger partial charge in [0, 0.05) is 19.6 Å². The summed E-state index contributed by atoms with van der Waals surface area (Å²) >= 11 is 0. The highest BCUT2D eigenvalue weighted by Crippen LogP contribution is 2.32. The molecule has 0 saturated carbocycles. The molecule has 9 nitrogen and oxygen atoms in total. The van der Waals surface area contributed by atoms with Crippen molar-refractivity contribution in [2.45, 2.75) is 84.5 Å². The van der Waals surface area contributed by atoms with Gasteiger partial charge < -0.3 is 25.4 Å². The van der Waals surface area contributed by atoms with E-state index < -0.39 is 30.6 Å². The van der Waals surface area contributed by atoms with Crippen LogP contribution in [0.3, 0.4) is 0 Å². The molecule has 1 aromatic carbocycles. The van der Waals surface area contributed by atoms with E-state index in [1.54, 1.807) is 0 Å². The fraction of sp³-hybridized carbons (Fsp3) is 0.667. The number of nitrogens with zero attached hydrogens (tertiary/aromatic N) is 1. The predicted octanol–water partition coefficient (Wildman–Crippen LogP) is 2.05. The van der Waals surface area contributed by atoms with Gasteiger partial charge in [0.15, 0.2) is 12.4 Å². The third kappa shape index (κ3) is 7.27. The number of fused-ring (bicyclic) bond motifs is 2. The maximum absolute atomic E-state index is 13.3. The number of hydrogen-bond acceptors (Lipinski definition) is 6. The van der Waals surface area contributed by atoms with Gasteiger partial charge in [0.05, 0.1) is 6.54 Å². The van der Waals surface area contributed by atoms with Gasteiger partial charge in [0.1, 0.15) is 18.2 Å². The topological polar surface area (TPSA) is 109 Å². The number of carbonyl (C=O) groups excluding carboxylic acids is 3. The molecule has 5 unspecified atom stereocenters. The lowest BCUT2D eigenvalue weighted by Gasteiger charge is -2.36. The Morgan fingerprint density at radius 1 is 1.03 bits per heavy atom. The number of hydrogen-bond donors (Lipinski definition) is 3. The maximum Gasteiger partial charge on any atom is 0.252 e. The minimum Gasteiger partial charge on any atom is -0.355 e. The molecule has 2 heterocycles. The highest BCUT2D eigenvalue weighted by Gasteiger charge is 2.48. The molecule has 200 valence electrons. The van der Waals surface area contributed by atoms with Gasteiger partial charge in [-0.05, 0) is 38.2 Å². The van der Waals surface area contributed by atoms with Crippen LogP contribution in [0, 0.1) is 12.8 Å². The van der Waals surface area contributed by atoms with Gasteiger partial charge in [-0.2, -0.15) is 0 Å². The lowest BCUT2D eigenvalue weighted by Crippen LogP contribution is -2.54. The molecule has 0 aliphatic carbocycles. The van der Waals surface area contributed by atoms with Gasteiger partial charge in [-0.15, -0.1) is 0 Å². The van der Waals surface area contributed by atoms with Crippen molar-refractivity contribution >= 4 is 17.7 Å². The van der Waals surface area contributed by atoms with Gasteiger partial charge in [-0.1, -0.05) is 57.0 Å². The first-order chi connectivity index (χ1) is 17.2. The van der Waals surface area contributed by atoms with E-state index in [4.69, 9.17) is 9.47 Å². The number of unbranched alkanes of at least 4 members (excludes halogenated alkanes) is 1. The van der Waals surface area contributed by atoms with Gasteiger partial charge in [0.2, 0.25) is 11.8 Å². The number of likely N-dealkylation sites (N-methyl/N-ethyl adjacent to an activating group) is 1. The Kier molecular flexibility index (Phi) is 10.3. The van der Waals surface area contributed by atoms with E-state index in [1.165, 1.54) is 0 Å². The molecule has 0 spiro atoms. The lowest BCUT2D eigenvalue weighted by molar-refractivity contribution is -0.143. The molecule has 1 aromatic rings. The largest absolute Gasteiger partial charge is 0.355 e. The van der Waals surface area contributed by atoms with Gasteiger partial charge in [0.25, 0.3) is 5.91 Å². The van der Waals surface area contributed by atoms with E-state index in [0.717, 1.165) is 24.0 Å². The zero-order valence-corrected chi connectivity index (χ0v) is 22.2. The summed E-state index contributed by atoms with van der Waals surface area (Å²) in [6.45, 7) is 11.8. The fourth-order valence-corrected chi connectivity index (χ4v) is 4.73. The molecule has 0 aromatic heterocycles. The number of benzene rings is 1. The molecule has 2 aliphatic heterocycles. The molecule has 2 fully saturated rings. The zero-order chi connectivity index (χ0) is 26.2. The average Bonchev–Trinajstić information content (AvgIpc) is 3.13. The minimum atomic E-state index is -0.842. The van der Waals surface area contributed by atoms with E-state index in [0.29, 0.717) is 32.6 Å². The minimum absolute atomic E-state index is 0.0668. The first-order valence-electron chi connectivity index (χ1n) is 13.2. The van der Waals surface area contributed by atoms with Crippen LogP contribution in [0.1, 0.15) is 64.1 Å². The Hall–Kier alpha value is -2.49. The summed E-state index contributed by atoms with van der Waals surface area (Å²) in [6, 6.07) is 6.81. The molecule has 3 amide bonds. The Morgan fingerprint density at radius 2 is 1.75 bits per heavy atom. The SMILES string of the molecule is CCCCNC(=O)C(c1ccc(C)cc1)N1CC2OC(C1)C(C(=O)NC(CC(C)C)C(=O)NCC)O2. The van der Waals surface area contributed by atoms with E-state index in [1.807, 2.05) is 56.9 Å². The van der Waals surface area contributed by atoms with Crippen molar-refractivity contribution in [3.8, 4) is 0 Å². The molecular weight excluding hydrogens is 460 g/mol. The normalized spacial score (nSPS) is 23.2. The average molecular weight is 503 g/mol. The highest BCUT2D eigenvalue weighted by atomic mass is 16.7. The van der Waals surface area contributed by atoms with Gasteiger partial charge >= 0.3 is 0 Å². The summed E-state index contributed by atoms with van der Waals surface area (Å²) < 4.78 is 11.9. The smallest absolute Gasteiger partial charge is 0.252 e. The molecule has 0 radical (unpaired) electrons. The summed E-state index contributed by atoms with van der Waals surface area (Å²) in [7, 11) is 0. The van der Waals surface area contributed by atoms with Crippen LogP contribution < -0.4 is 16.0 Å². The predicted molar refractivity (Wildman–Crippen MR) is 137 cm³/mol. The first-order valence-corrected chi connectivity index (χ1v) is 13.2. The monoisotopic (exact) mass is 502 g/mol. The number of morpholine rings is 1. The van der Waals surface area contributed by atoms with Crippen molar-refractivity contribution in [2.75, 3.05) is 26.2 Å². The quantitative estimate of drug-likeness (QED) is 0.378. The zero-order valence-electron chi connectivity index (χ0n) is 22.2. The molecule has 36 heavy (non-hydrogen) atoms. The van der Waals surface area contributed by atoms with E-state index in [2.05, 4.69) is 22.9 Å². The molecule has 2 aliphatic rings. The molecule has 3 rings (SSSR count). The number of rotatable bonds is 12. The Balaban J connectivity index is 1.73. The van der Waals surface area contributed by atoms with Crippen molar-refractivity contribution in [1.82, 2.24) is 20.9 Å². The number of ether oxygens (including phenoxy) is 2. The van der Waals surface area contributed by atoms with Crippen LogP contribution in [0.2, 0.25) is 0 Å². The van der Waals surface area contributed by atoms with E-state index >= 15 is 0 Å². The number of amides is 3. The van der Waals surface area contributed by atoms with Crippen LogP contribution in [0.25, 0.3) is 0 Å². The summed E-state index contributed by atoms with van der Waals surface area (Å²) in [5.74, 6) is -0.399. The Bertz CT molecular complexity index is 891. The molecule has 3 N–H and O–H groups in total. The second kappa shape index (κ2) is 13.2. The third-order valence-corrected chi connectivity index (χ3v) is 6.55. The van der Waals surface area contributed by atoms with Crippen molar-refractivity contribution in [3.05, 3.63) is 35.4 Å². The fourth-order valence-electron chi connectivity index (χ4n) is 4.73.